The number of imidazole rings is 1. The van der Waals surface area contributed by atoms with Crippen LogP contribution in [0.5, 0.6) is 0 Å². The first-order valence-electron chi connectivity index (χ1n) is 9.23. The first-order chi connectivity index (χ1) is 13.5. The first kappa shape index (κ1) is 19.7. The van der Waals surface area contributed by atoms with Gasteiger partial charge in [0.2, 0.25) is 5.91 Å². The van der Waals surface area contributed by atoms with Crippen LogP contribution in [-0.2, 0) is 17.8 Å². The van der Waals surface area contributed by atoms with Crippen LogP contribution in [0.25, 0.3) is 0 Å². The van der Waals surface area contributed by atoms with Crippen molar-refractivity contribution in [1.29, 1.82) is 0 Å². The lowest BCUT2D eigenvalue weighted by atomic mass is 10.0. The molecule has 1 amide bonds. The van der Waals surface area contributed by atoms with Crippen LogP contribution >= 0.6 is 0 Å². The molecule has 0 spiro atoms. The Bertz CT molecular complexity index is 859. The van der Waals surface area contributed by atoms with Crippen molar-refractivity contribution in [3.63, 3.8) is 0 Å². The molecule has 0 bridgehead atoms. The van der Waals surface area contributed by atoms with Gasteiger partial charge in [0.15, 0.2) is 0 Å². The van der Waals surface area contributed by atoms with E-state index in [4.69, 9.17) is 0 Å². The molecule has 9 nitrogen and oxygen atoms in total. The molecule has 2 aromatic heterocycles. The smallest absolute Gasteiger partial charge is 0.248 e. The third kappa shape index (κ3) is 5.01. The molecule has 9 heteroatoms. The minimum atomic E-state index is -0.515. The third-order valence-corrected chi connectivity index (χ3v) is 4.64. The molecule has 3 aromatic rings. The van der Waals surface area contributed by atoms with Crippen LogP contribution in [0.1, 0.15) is 23.0 Å². The van der Waals surface area contributed by atoms with E-state index in [1.807, 2.05) is 56.3 Å². The molecular weight excluding hydrogens is 356 g/mol. The van der Waals surface area contributed by atoms with Crippen molar-refractivity contribution in [2.24, 2.45) is 0 Å². The number of hydrogen-bond donors (Lipinski definition) is 1. The minimum absolute atomic E-state index is 0.0274. The van der Waals surface area contributed by atoms with Crippen LogP contribution in [-0.4, -0.2) is 73.1 Å². The summed E-state index contributed by atoms with van der Waals surface area (Å²) >= 11 is 0. The molecule has 0 fully saturated rings. The Kier molecular flexibility index (Phi) is 6.49. The number of tetrazole rings is 1. The number of likely N-dealkylation sites (N-methyl/N-ethyl adjacent to an activating group) is 1. The fourth-order valence-electron chi connectivity index (χ4n) is 2.97. The average molecular weight is 382 g/mol. The van der Waals surface area contributed by atoms with E-state index >= 15 is 0 Å². The molecule has 1 unspecified atom stereocenters. The lowest BCUT2D eigenvalue weighted by Gasteiger charge is -2.28. The molecule has 0 radical (unpaired) electrons. The summed E-state index contributed by atoms with van der Waals surface area (Å²) in [6, 6.07) is 9.39. The Morgan fingerprint density at radius 2 is 2.00 bits per heavy atom. The number of nitrogens with zero attached hydrogens (tertiary/aromatic N) is 7. The van der Waals surface area contributed by atoms with Crippen LogP contribution in [0.4, 0.5) is 0 Å². The highest BCUT2D eigenvalue weighted by Gasteiger charge is 2.28. The van der Waals surface area contributed by atoms with Crippen LogP contribution in [0.15, 0.2) is 43.0 Å². The van der Waals surface area contributed by atoms with E-state index in [-0.39, 0.29) is 5.91 Å². The largest absolute Gasteiger partial charge is 0.348 e. The lowest BCUT2D eigenvalue weighted by molar-refractivity contribution is -0.136. The van der Waals surface area contributed by atoms with Crippen LogP contribution in [0.3, 0.4) is 0 Å². The third-order valence-electron chi connectivity index (χ3n) is 4.64. The van der Waals surface area contributed by atoms with E-state index in [0.29, 0.717) is 19.5 Å². The summed E-state index contributed by atoms with van der Waals surface area (Å²) in [7, 11) is 3.98. The molecule has 2 heterocycles. The van der Waals surface area contributed by atoms with Crippen LogP contribution in [0, 0.1) is 6.92 Å². The lowest BCUT2D eigenvalue weighted by Crippen LogP contribution is -2.41. The highest BCUT2D eigenvalue weighted by molar-refractivity contribution is 5.80. The van der Waals surface area contributed by atoms with Gasteiger partial charge in [-0.2, -0.15) is 0 Å². The molecule has 0 saturated carbocycles. The molecule has 0 aliphatic heterocycles. The molecule has 0 aliphatic carbocycles. The van der Waals surface area contributed by atoms with Gasteiger partial charge in [-0.1, -0.05) is 30.3 Å². The number of nitrogens with one attached hydrogen (secondary N) is 1. The Morgan fingerprint density at radius 3 is 2.61 bits per heavy atom. The number of carbonyl (C=O) groups excluding carboxylic acids is 1. The summed E-state index contributed by atoms with van der Waals surface area (Å²) in [5, 5.41) is 11.5. The topological polar surface area (TPSA) is 95.8 Å². The van der Waals surface area contributed by atoms with Gasteiger partial charge in [0.25, 0.3) is 0 Å². The molecule has 0 aliphatic rings. The quantitative estimate of drug-likeness (QED) is 0.595. The maximum atomic E-state index is 13.5. The summed E-state index contributed by atoms with van der Waals surface area (Å²) < 4.78 is 1.54. The van der Waals surface area contributed by atoms with Gasteiger partial charge in [0, 0.05) is 25.2 Å². The second-order valence-electron chi connectivity index (χ2n) is 7.03. The standard InChI is InChI=1S/C19H26N8O/c1-15-17(21-13-20-15)12-26(10-9-25(2)3)19(28)18(27-14-22-23-24-27)11-16-7-5-4-6-8-16/h4-8,13-14,18H,9-12H2,1-3H3,(H,20,21). The van der Waals surface area contributed by atoms with Crippen molar-refractivity contribution in [3.8, 4) is 0 Å². The fraction of sp³-hybridized carbons (Fsp3) is 0.421. The van der Waals surface area contributed by atoms with Gasteiger partial charge in [-0.25, -0.2) is 9.67 Å². The Hall–Kier alpha value is -3.07. The second-order valence-corrected chi connectivity index (χ2v) is 7.03. The zero-order chi connectivity index (χ0) is 19.9. The normalized spacial score (nSPS) is 12.3. The molecule has 3 rings (SSSR count). The Labute approximate surface area is 164 Å². The number of aromatic amines is 1. The highest BCUT2D eigenvalue weighted by Crippen LogP contribution is 2.18. The van der Waals surface area contributed by atoms with Gasteiger partial charge in [-0.05, 0) is 37.0 Å². The monoisotopic (exact) mass is 382 g/mol. The number of hydrogen-bond acceptors (Lipinski definition) is 6. The highest BCUT2D eigenvalue weighted by atomic mass is 16.2. The van der Waals surface area contributed by atoms with Crippen molar-refractivity contribution < 1.29 is 4.79 Å². The average Bonchev–Trinajstić information content (AvgIpc) is 3.35. The Balaban J connectivity index is 1.86. The molecule has 1 N–H and O–H groups in total. The van der Waals surface area contributed by atoms with Crippen LogP contribution in [0.2, 0.25) is 0 Å². The second kappa shape index (κ2) is 9.23. The van der Waals surface area contributed by atoms with E-state index in [1.54, 1.807) is 6.33 Å². The SMILES string of the molecule is Cc1[nH]cnc1CN(CCN(C)C)C(=O)C(Cc1ccccc1)n1cnnn1. The fourth-order valence-corrected chi connectivity index (χ4v) is 2.97. The number of benzene rings is 1. The van der Waals surface area contributed by atoms with E-state index in [2.05, 4.69) is 30.4 Å². The van der Waals surface area contributed by atoms with E-state index < -0.39 is 6.04 Å². The maximum absolute atomic E-state index is 13.5. The zero-order valence-electron chi connectivity index (χ0n) is 16.5. The predicted molar refractivity (Wildman–Crippen MR) is 104 cm³/mol. The molecule has 28 heavy (non-hydrogen) atoms. The summed E-state index contributed by atoms with van der Waals surface area (Å²) in [6.45, 7) is 3.74. The van der Waals surface area contributed by atoms with Gasteiger partial charge in [-0.15, -0.1) is 5.10 Å². The van der Waals surface area contributed by atoms with Gasteiger partial charge in [-0.3, -0.25) is 4.79 Å². The summed E-state index contributed by atoms with van der Waals surface area (Å²) in [5.41, 5.74) is 2.88. The molecule has 0 saturated heterocycles. The summed E-state index contributed by atoms with van der Waals surface area (Å²) in [4.78, 5) is 24.9. The van der Waals surface area contributed by atoms with E-state index in [9.17, 15) is 4.79 Å². The molecule has 1 aromatic carbocycles. The van der Waals surface area contributed by atoms with Gasteiger partial charge in [0.05, 0.1) is 18.6 Å². The van der Waals surface area contributed by atoms with Crippen molar-refractivity contribution >= 4 is 5.91 Å². The number of aryl methyl sites for hydroxylation is 1. The molecule has 148 valence electrons. The molecule has 1 atom stereocenters. The zero-order valence-corrected chi connectivity index (χ0v) is 16.5. The number of aromatic nitrogens is 6. The van der Waals surface area contributed by atoms with Gasteiger partial charge >= 0.3 is 0 Å². The van der Waals surface area contributed by atoms with Crippen molar-refractivity contribution in [2.45, 2.75) is 25.9 Å². The van der Waals surface area contributed by atoms with Gasteiger partial charge < -0.3 is 14.8 Å². The van der Waals surface area contributed by atoms with Crippen molar-refractivity contribution in [1.82, 2.24) is 40.0 Å². The number of rotatable bonds is 9. The van der Waals surface area contributed by atoms with E-state index in [1.165, 1.54) is 11.0 Å². The number of H-pyrrole nitrogens is 1. The van der Waals surface area contributed by atoms with Gasteiger partial charge in [0.1, 0.15) is 12.4 Å². The summed E-state index contributed by atoms with van der Waals surface area (Å²) in [6.07, 6.45) is 3.67. The predicted octanol–water partition coefficient (Wildman–Crippen LogP) is 1.08. The first-order valence-corrected chi connectivity index (χ1v) is 9.23. The number of amides is 1. The van der Waals surface area contributed by atoms with Crippen molar-refractivity contribution in [2.75, 3.05) is 27.2 Å². The summed E-state index contributed by atoms with van der Waals surface area (Å²) in [5.74, 6) is -0.0274. The van der Waals surface area contributed by atoms with E-state index in [0.717, 1.165) is 23.5 Å². The Morgan fingerprint density at radius 1 is 1.21 bits per heavy atom. The van der Waals surface area contributed by atoms with Crippen LogP contribution < -0.4 is 0 Å². The van der Waals surface area contributed by atoms with Crippen molar-refractivity contribution in [3.05, 3.63) is 59.9 Å². The minimum Gasteiger partial charge on any atom is -0.348 e. The number of carbonyl (C=O) groups is 1. The maximum Gasteiger partial charge on any atom is 0.248 e. The molecular formula is C19H26N8O.